The second-order valence-electron chi connectivity index (χ2n) is 10.7. The van der Waals surface area contributed by atoms with E-state index in [2.05, 4.69) is 39.2 Å². The molecule has 2 aromatic carbocycles. The van der Waals surface area contributed by atoms with Crippen LogP contribution in [0.25, 0.3) is 22.4 Å². The first-order valence-electron chi connectivity index (χ1n) is 13.7. The number of piperazine rings is 1. The highest BCUT2D eigenvalue weighted by molar-refractivity contribution is 5.97. The molecule has 2 aliphatic rings. The van der Waals surface area contributed by atoms with Gasteiger partial charge in [0, 0.05) is 56.5 Å². The molecule has 2 saturated heterocycles. The van der Waals surface area contributed by atoms with Crippen LogP contribution in [0.4, 0.5) is 5.82 Å². The number of aromatic nitrogens is 3. The minimum atomic E-state index is 0.0748. The van der Waals surface area contributed by atoms with E-state index in [1.54, 1.807) is 0 Å². The first kappa shape index (κ1) is 25.1. The van der Waals surface area contributed by atoms with Gasteiger partial charge in [0.25, 0.3) is 5.91 Å². The van der Waals surface area contributed by atoms with Crippen molar-refractivity contribution in [3.05, 3.63) is 76.5 Å². The van der Waals surface area contributed by atoms with Gasteiger partial charge in [-0.3, -0.25) is 4.79 Å². The average molecular weight is 520 g/mol. The number of aryl methyl sites for hydroxylation is 2. The monoisotopic (exact) mass is 519 g/mol. The number of pyridine rings is 1. The highest BCUT2D eigenvalue weighted by Gasteiger charge is 2.26. The lowest BCUT2D eigenvalue weighted by atomic mass is 9.88. The average Bonchev–Trinajstić information content (AvgIpc) is 3.41. The van der Waals surface area contributed by atoms with Crippen LogP contribution in [0.15, 0.2) is 48.7 Å². The number of carbonyl (C=O) groups excluding carboxylic acids is 1. The van der Waals surface area contributed by atoms with Crippen molar-refractivity contribution in [3.63, 3.8) is 0 Å². The highest BCUT2D eigenvalue weighted by atomic mass is 16.2. The van der Waals surface area contributed by atoms with Crippen molar-refractivity contribution >= 4 is 22.8 Å². The lowest BCUT2D eigenvalue weighted by Gasteiger charge is -2.32. The molecule has 2 N–H and O–H groups in total. The largest absolute Gasteiger partial charge is 0.354 e. The van der Waals surface area contributed by atoms with Crippen LogP contribution in [0.1, 0.15) is 51.4 Å². The number of hydrogen-bond acceptors (Lipinski definition) is 6. The number of piperidine rings is 1. The molecule has 4 aromatic rings. The Bertz CT molecular complexity index is 1550. The Balaban J connectivity index is 1.21. The number of nitriles is 1. The van der Waals surface area contributed by atoms with Gasteiger partial charge in [0.15, 0.2) is 0 Å². The maximum absolute atomic E-state index is 13.7. The van der Waals surface area contributed by atoms with Crippen LogP contribution in [0.3, 0.4) is 0 Å². The Morgan fingerprint density at radius 3 is 2.46 bits per heavy atom. The Labute approximate surface area is 228 Å². The third kappa shape index (κ3) is 4.98. The van der Waals surface area contributed by atoms with Gasteiger partial charge in [0.2, 0.25) is 0 Å². The first-order chi connectivity index (χ1) is 19.0. The summed E-state index contributed by atoms with van der Waals surface area (Å²) in [5.41, 5.74) is 7.43. The third-order valence-electron chi connectivity index (χ3n) is 8.14. The van der Waals surface area contributed by atoms with Gasteiger partial charge >= 0.3 is 0 Å². The molecule has 6 rings (SSSR count). The van der Waals surface area contributed by atoms with Gasteiger partial charge < -0.3 is 20.1 Å². The molecule has 0 bridgehead atoms. The molecule has 2 aliphatic heterocycles. The minimum absolute atomic E-state index is 0.0748. The van der Waals surface area contributed by atoms with E-state index in [-0.39, 0.29) is 5.91 Å². The summed E-state index contributed by atoms with van der Waals surface area (Å²) in [7, 11) is 0. The molecular formula is C31H33N7O. The Morgan fingerprint density at radius 1 is 1.00 bits per heavy atom. The van der Waals surface area contributed by atoms with E-state index in [9.17, 15) is 4.79 Å². The normalized spacial score (nSPS) is 16.4. The predicted molar refractivity (Wildman–Crippen MR) is 153 cm³/mol. The number of aromatic amines is 1. The van der Waals surface area contributed by atoms with Crippen molar-refractivity contribution in [2.24, 2.45) is 0 Å². The van der Waals surface area contributed by atoms with Crippen molar-refractivity contribution in [1.82, 2.24) is 25.2 Å². The Morgan fingerprint density at radius 2 is 1.74 bits per heavy atom. The Hall–Kier alpha value is -4.22. The molecule has 2 aromatic heterocycles. The van der Waals surface area contributed by atoms with Crippen LogP contribution in [0, 0.1) is 25.2 Å². The number of nitrogens with one attached hydrogen (secondary N) is 2. The van der Waals surface area contributed by atoms with E-state index in [1.807, 2.05) is 54.4 Å². The number of fused-ring (bicyclic) bond motifs is 1. The van der Waals surface area contributed by atoms with E-state index in [4.69, 9.17) is 10.2 Å². The third-order valence-corrected chi connectivity index (χ3v) is 8.14. The molecule has 0 unspecified atom stereocenters. The smallest absolute Gasteiger partial charge is 0.254 e. The van der Waals surface area contributed by atoms with Crippen LogP contribution in [0.2, 0.25) is 0 Å². The van der Waals surface area contributed by atoms with Crippen LogP contribution in [-0.2, 0) is 0 Å². The summed E-state index contributed by atoms with van der Waals surface area (Å²) < 4.78 is 0. The van der Waals surface area contributed by atoms with Crippen LogP contribution >= 0.6 is 0 Å². The van der Waals surface area contributed by atoms with Gasteiger partial charge in [-0.2, -0.15) is 5.26 Å². The second kappa shape index (κ2) is 10.5. The van der Waals surface area contributed by atoms with Crippen LogP contribution in [-0.4, -0.2) is 65.0 Å². The van der Waals surface area contributed by atoms with E-state index < -0.39 is 0 Å². The molecular weight excluding hydrogens is 486 g/mol. The van der Waals surface area contributed by atoms with Gasteiger partial charge in [0.1, 0.15) is 11.6 Å². The van der Waals surface area contributed by atoms with Crippen molar-refractivity contribution in [2.75, 3.05) is 44.2 Å². The van der Waals surface area contributed by atoms with Crippen molar-refractivity contribution in [2.45, 2.75) is 32.6 Å². The highest BCUT2D eigenvalue weighted by Crippen LogP contribution is 2.31. The van der Waals surface area contributed by atoms with Gasteiger partial charge in [-0.25, -0.2) is 9.97 Å². The molecule has 39 heavy (non-hydrogen) atoms. The maximum atomic E-state index is 13.7. The van der Waals surface area contributed by atoms with Crippen molar-refractivity contribution in [1.29, 1.82) is 5.26 Å². The van der Waals surface area contributed by atoms with E-state index in [0.717, 1.165) is 97.0 Å². The number of carbonyl (C=O) groups is 1. The zero-order chi connectivity index (χ0) is 26.9. The quantitative estimate of drug-likeness (QED) is 0.411. The molecule has 8 nitrogen and oxygen atoms in total. The lowest BCUT2D eigenvalue weighted by Crippen LogP contribution is -2.43. The number of anilines is 1. The topological polar surface area (TPSA) is 101 Å². The standard InChI is InChI=1S/C31H33N7O/c1-20-15-21(2)26(31(39)38-11-7-24(8-12-38)23-5-3-22(18-32)4-6-23)16-25(20)30-35-27-17-29(34-19-28(27)36-30)37-13-9-33-10-14-37/h3-6,15-17,19,24,33H,7-14H2,1-2H3,(H,35,36). The number of likely N-dealkylation sites (tertiary alicyclic amines) is 1. The summed E-state index contributed by atoms with van der Waals surface area (Å²) in [6, 6.07) is 16.2. The zero-order valence-corrected chi connectivity index (χ0v) is 22.5. The Kier molecular flexibility index (Phi) is 6.76. The molecule has 4 heterocycles. The number of rotatable bonds is 4. The number of benzene rings is 2. The zero-order valence-electron chi connectivity index (χ0n) is 22.5. The number of amides is 1. The molecule has 0 spiro atoms. The number of imidazole rings is 1. The van der Waals surface area contributed by atoms with E-state index >= 15 is 0 Å². The summed E-state index contributed by atoms with van der Waals surface area (Å²) in [5.74, 6) is 2.19. The molecule has 0 aliphatic carbocycles. The molecule has 0 saturated carbocycles. The van der Waals surface area contributed by atoms with E-state index in [0.29, 0.717) is 11.5 Å². The van der Waals surface area contributed by atoms with E-state index in [1.165, 1.54) is 5.56 Å². The van der Waals surface area contributed by atoms with Gasteiger partial charge in [0.05, 0.1) is 28.9 Å². The minimum Gasteiger partial charge on any atom is -0.354 e. The van der Waals surface area contributed by atoms with Gasteiger partial charge in [-0.1, -0.05) is 18.2 Å². The lowest BCUT2D eigenvalue weighted by molar-refractivity contribution is 0.0712. The van der Waals surface area contributed by atoms with Crippen LogP contribution in [0.5, 0.6) is 0 Å². The summed E-state index contributed by atoms with van der Waals surface area (Å²) in [6.45, 7) is 9.30. The van der Waals surface area contributed by atoms with Crippen LogP contribution < -0.4 is 10.2 Å². The molecule has 198 valence electrons. The fourth-order valence-corrected chi connectivity index (χ4v) is 5.85. The summed E-state index contributed by atoms with van der Waals surface area (Å²) >= 11 is 0. The fourth-order valence-electron chi connectivity index (χ4n) is 5.85. The summed E-state index contributed by atoms with van der Waals surface area (Å²) in [5, 5.41) is 12.4. The predicted octanol–water partition coefficient (Wildman–Crippen LogP) is 4.54. The van der Waals surface area contributed by atoms with Crippen molar-refractivity contribution < 1.29 is 4.79 Å². The van der Waals surface area contributed by atoms with Gasteiger partial charge in [-0.15, -0.1) is 0 Å². The molecule has 8 heteroatoms. The second-order valence-corrected chi connectivity index (χ2v) is 10.7. The molecule has 1 amide bonds. The SMILES string of the molecule is Cc1cc(C)c(-c2nc3cc(N4CCNCC4)ncc3[nH]2)cc1C(=O)N1CCC(c2ccc(C#N)cc2)CC1. The number of nitrogens with zero attached hydrogens (tertiary/aromatic N) is 5. The molecule has 0 radical (unpaired) electrons. The summed E-state index contributed by atoms with van der Waals surface area (Å²) in [6.07, 6.45) is 3.69. The molecule has 0 atom stereocenters. The number of hydrogen-bond donors (Lipinski definition) is 2. The molecule has 2 fully saturated rings. The maximum Gasteiger partial charge on any atom is 0.254 e. The van der Waals surface area contributed by atoms with Gasteiger partial charge in [-0.05, 0) is 67.5 Å². The number of H-pyrrole nitrogens is 1. The first-order valence-corrected chi connectivity index (χ1v) is 13.7. The fraction of sp³-hybridized carbons (Fsp3) is 0.355. The van der Waals surface area contributed by atoms with Crippen molar-refractivity contribution in [3.8, 4) is 17.5 Å². The summed E-state index contributed by atoms with van der Waals surface area (Å²) in [4.78, 5) is 30.9.